The van der Waals surface area contributed by atoms with Gasteiger partial charge in [-0.2, -0.15) is 0 Å². The second-order valence-electron chi connectivity index (χ2n) is 9.56. The monoisotopic (exact) mass is 483 g/mol. The summed E-state index contributed by atoms with van der Waals surface area (Å²) in [4.78, 5) is 15.1. The van der Waals surface area contributed by atoms with Gasteiger partial charge in [0.1, 0.15) is 18.0 Å². The number of likely N-dealkylation sites (tertiary alicyclic amines) is 1. The Kier molecular flexibility index (Phi) is 6.75. The van der Waals surface area contributed by atoms with Crippen LogP contribution in [-0.2, 0) is 9.47 Å². The third-order valence-electron chi connectivity index (χ3n) is 7.22. The third-order valence-corrected chi connectivity index (χ3v) is 8.33. The number of anilines is 1. The minimum Gasteiger partial charge on any atom is -0.486 e. The zero-order valence-electron chi connectivity index (χ0n) is 20.1. The van der Waals surface area contributed by atoms with Crippen LogP contribution < -0.4 is 9.46 Å². The van der Waals surface area contributed by atoms with Crippen LogP contribution in [0.5, 0.6) is 5.75 Å². The summed E-state index contributed by atoms with van der Waals surface area (Å²) < 4.78 is 23.5. The first-order valence-electron chi connectivity index (χ1n) is 11.9. The van der Waals surface area contributed by atoms with E-state index in [0.717, 1.165) is 54.3 Å². The largest absolute Gasteiger partial charge is 0.486 e. The Bertz CT molecular complexity index is 1040. The molecule has 7 nitrogen and oxygen atoms in total. The SMILES string of the molecule is COC1CN(C(=O)c2cc(C)ccc2C)CC1Oc1cccc(NSN2CCC23CCOC3)c1. The van der Waals surface area contributed by atoms with Gasteiger partial charge in [0, 0.05) is 49.7 Å². The highest BCUT2D eigenvalue weighted by molar-refractivity contribution is 7.98. The first-order chi connectivity index (χ1) is 16.5. The lowest BCUT2D eigenvalue weighted by Gasteiger charge is -2.48. The fourth-order valence-corrected chi connectivity index (χ4v) is 5.91. The molecule has 3 fully saturated rings. The van der Waals surface area contributed by atoms with Crippen molar-refractivity contribution >= 4 is 23.7 Å². The number of aryl methyl sites for hydroxylation is 2. The van der Waals surface area contributed by atoms with Gasteiger partial charge in [-0.05, 0) is 50.5 Å². The maximum absolute atomic E-state index is 13.2. The van der Waals surface area contributed by atoms with Crippen LogP contribution in [0.4, 0.5) is 5.69 Å². The van der Waals surface area contributed by atoms with Crippen molar-refractivity contribution < 1.29 is 19.0 Å². The van der Waals surface area contributed by atoms with Crippen LogP contribution in [0.25, 0.3) is 0 Å². The second-order valence-corrected chi connectivity index (χ2v) is 10.4. The van der Waals surface area contributed by atoms with E-state index in [2.05, 4.69) is 9.03 Å². The highest BCUT2D eigenvalue weighted by Crippen LogP contribution is 2.42. The smallest absolute Gasteiger partial charge is 0.254 e. The van der Waals surface area contributed by atoms with Gasteiger partial charge in [-0.3, -0.25) is 4.79 Å². The van der Waals surface area contributed by atoms with Gasteiger partial charge < -0.3 is 23.8 Å². The zero-order valence-corrected chi connectivity index (χ0v) is 20.9. The van der Waals surface area contributed by atoms with Crippen molar-refractivity contribution in [3.8, 4) is 5.75 Å². The lowest BCUT2D eigenvalue weighted by atomic mass is 9.87. The Hall–Kier alpha value is -2.26. The molecule has 34 heavy (non-hydrogen) atoms. The Morgan fingerprint density at radius 3 is 2.74 bits per heavy atom. The number of carbonyl (C=O) groups is 1. The summed E-state index contributed by atoms with van der Waals surface area (Å²) in [6.45, 7) is 7.73. The predicted molar refractivity (Wildman–Crippen MR) is 134 cm³/mol. The van der Waals surface area contributed by atoms with Gasteiger partial charge in [0.2, 0.25) is 0 Å². The molecule has 3 atom stereocenters. The number of hydrogen-bond acceptors (Lipinski definition) is 7. The van der Waals surface area contributed by atoms with Gasteiger partial charge >= 0.3 is 0 Å². The van der Waals surface area contributed by atoms with Gasteiger partial charge in [0.25, 0.3) is 5.91 Å². The lowest BCUT2D eigenvalue weighted by Crippen LogP contribution is -2.57. The summed E-state index contributed by atoms with van der Waals surface area (Å²) in [7, 11) is 1.68. The highest BCUT2D eigenvalue weighted by atomic mass is 32.2. The van der Waals surface area contributed by atoms with Crippen LogP contribution >= 0.6 is 12.1 Å². The fraction of sp³-hybridized carbons (Fsp3) is 0.500. The molecule has 3 aliphatic rings. The number of carbonyl (C=O) groups excluding carboxylic acids is 1. The van der Waals surface area contributed by atoms with Crippen LogP contribution in [0.3, 0.4) is 0 Å². The first kappa shape index (κ1) is 23.5. The van der Waals surface area contributed by atoms with Crippen molar-refractivity contribution in [3.63, 3.8) is 0 Å². The molecule has 0 radical (unpaired) electrons. The molecule has 182 valence electrons. The molecule has 2 aromatic rings. The van der Waals surface area contributed by atoms with E-state index in [1.165, 1.54) is 6.42 Å². The standard InChI is InChI=1S/C26H33N3O4S/c1-18-7-8-19(2)22(13-18)25(30)28-15-23(31-3)24(16-28)33-21-6-4-5-20(14-21)27-34-29-11-9-26(29)10-12-32-17-26/h4-8,13-14,23-24,27H,9-12,15-17H2,1-3H3. The minimum atomic E-state index is -0.226. The van der Waals surface area contributed by atoms with Crippen molar-refractivity contribution in [2.24, 2.45) is 0 Å². The Labute approximate surface area is 206 Å². The number of nitrogens with one attached hydrogen (secondary N) is 1. The molecule has 5 rings (SSSR count). The molecule has 0 bridgehead atoms. The number of amides is 1. The van der Waals surface area contributed by atoms with Crippen LogP contribution in [0.15, 0.2) is 42.5 Å². The highest BCUT2D eigenvalue weighted by Gasteiger charge is 2.48. The molecule has 2 aromatic carbocycles. The van der Waals surface area contributed by atoms with Gasteiger partial charge in [0.05, 0.1) is 25.2 Å². The summed E-state index contributed by atoms with van der Waals surface area (Å²) in [5, 5.41) is 0. The molecule has 3 saturated heterocycles. The summed E-state index contributed by atoms with van der Waals surface area (Å²) in [5.74, 6) is 0.793. The van der Waals surface area contributed by atoms with Crippen molar-refractivity contribution in [2.75, 3.05) is 44.7 Å². The molecule has 1 amide bonds. The summed E-state index contributed by atoms with van der Waals surface area (Å²) >= 11 is 1.64. The third kappa shape index (κ3) is 4.64. The van der Waals surface area contributed by atoms with Crippen molar-refractivity contribution in [3.05, 3.63) is 59.2 Å². The average molecular weight is 484 g/mol. The molecule has 3 unspecified atom stereocenters. The van der Waals surface area contributed by atoms with Crippen LogP contribution in [0.2, 0.25) is 0 Å². The van der Waals surface area contributed by atoms with Crippen molar-refractivity contribution in [2.45, 2.75) is 44.4 Å². The number of hydrogen-bond donors (Lipinski definition) is 1. The van der Waals surface area contributed by atoms with Crippen molar-refractivity contribution in [1.29, 1.82) is 0 Å². The normalized spacial score (nSPS) is 26.6. The van der Waals surface area contributed by atoms with E-state index in [-0.39, 0.29) is 23.7 Å². The molecule has 3 heterocycles. The summed E-state index contributed by atoms with van der Waals surface area (Å²) in [5.41, 5.74) is 4.00. The Balaban J connectivity index is 1.21. The summed E-state index contributed by atoms with van der Waals surface area (Å²) in [6.07, 6.45) is 1.89. The predicted octanol–water partition coefficient (Wildman–Crippen LogP) is 4.06. The van der Waals surface area contributed by atoms with Crippen LogP contribution in [-0.4, -0.2) is 72.8 Å². The topological polar surface area (TPSA) is 63.3 Å². The molecule has 0 aromatic heterocycles. The maximum Gasteiger partial charge on any atom is 0.254 e. The van der Waals surface area contributed by atoms with Gasteiger partial charge in [-0.1, -0.05) is 23.8 Å². The molecule has 0 saturated carbocycles. The van der Waals surface area contributed by atoms with E-state index in [9.17, 15) is 4.79 Å². The van der Waals surface area contributed by atoms with Gasteiger partial charge in [-0.15, -0.1) is 0 Å². The Morgan fingerprint density at radius 1 is 1.15 bits per heavy atom. The van der Waals surface area contributed by atoms with E-state index in [4.69, 9.17) is 14.2 Å². The molecule has 0 aliphatic carbocycles. The molecular formula is C26H33N3O4S. The van der Waals surface area contributed by atoms with E-state index in [1.54, 1.807) is 19.2 Å². The van der Waals surface area contributed by atoms with E-state index >= 15 is 0 Å². The number of methoxy groups -OCH3 is 1. The average Bonchev–Trinajstić information content (AvgIpc) is 3.49. The molecule has 3 aliphatic heterocycles. The molecule has 1 N–H and O–H groups in total. The minimum absolute atomic E-state index is 0.0283. The lowest BCUT2D eigenvalue weighted by molar-refractivity contribution is 0.0340. The van der Waals surface area contributed by atoms with Crippen LogP contribution in [0.1, 0.15) is 34.3 Å². The van der Waals surface area contributed by atoms with E-state index in [1.807, 2.05) is 61.2 Å². The quantitative estimate of drug-likeness (QED) is 0.596. The molecule has 8 heteroatoms. The second kappa shape index (κ2) is 9.77. The number of nitrogens with zero attached hydrogens (tertiary/aromatic N) is 2. The van der Waals surface area contributed by atoms with E-state index in [0.29, 0.717) is 13.1 Å². The number of ether oxygens (including phenoxy) is 3. The first-order valence-corrected chi connectivity index (χ1v) is 12.7. The molecule has 1 spiro atoms. The number of benzene rings is 2. The molecular weight excluding hydrogens is 450 g/mol. The Morgan fingerprint density at radius 2 is 2.00 bits per heavy atom. The summed E-state index contributed by atoms with van der Waals surface area (Å²) in [6, 6.07) is 14.0. The van der Waals surface area contributed by atoms with Crippen LogP contribution in [0, 0.1) is 13.8 Å². The van der Waals surface area contributed by atoms with Gasteiger partial charge in [-0.25, -0.2) is 4.31 Å². The maximum atomic E-state index is 13.2. The zero-order chi connectivity index (χ0) is 23.7. The number of rotatable bonds is 7. The van der Waals surface area contributed by atoms with Crippen molar-refractivity contribution in [1.82, 2.24) is 9.21 Å². The van der Waals surface area contributed by atoms with Gasteiger partial charge in [0.15, 0.2) is 0 Å². The fourth-order valence-electron chi connectivity index (χ4n) is 4.95. The van der Waals surface area contributed by atoms with E-state index < -0.39 is 0 Å².